The van der Waals surface area contributed by atoms with Crippen molar-refractivity contribution in [1.82, 2.24) is 0 Å². The highest BCUT2D eigenvalue weighted by Gasteiger charge is 2.13. The molecule has 0 atom stereocenters. The van der Waals surface area contributed by atoms with E-state index in [2.05, 4.69) is 15.9 Å². The fourth-order valence-corrected chi connectivity index (χ4v) is 2.45. The lowest BCUT2D eigenvalue weighted by Crippen LogP contribution is -1.76. The van der Waals surface area contributed by atoms with E-state index in [0.717, 1.165) is 9.86 Å². The quantitative estimate of drug-likeness (QED) is 0.560. The van der Waals surface area contributed by atoms with Crippen LogP contribution in [0.2, 0.25) is 5.02 Å². The number of rotatable bonds is 0. The molecule has 0 fully saturated rings. The molecule has 0 aliphatic carbocycles. The number of hydrogen-bond acceptors (Lipinski definition) is 1. The van der Waals surface area contributed by atoms with E-state index in [1.807, 2.05) is 18.2 Å². The van der Waals surface area contributed by atoms with E-state index in [1.54, 1.807) is 6.07 Å². The second-order valence-electron chi connectivity index (χ2n) is 3.48. The maximum atomic E-state index is 13.8. The fourth-order valence-electron chi connectivity index (χ4n) is 1.81. The molecule has 3 aromatic rings. The molecular weight excluding hydrogens is 294 g/mol. The number of benzene rings is 2. The van der Waals surface area contributed by atoms with Crippen LogP contribution in [0.15, 0.2) is 39.2 Å². The minimum absolute atomic E-state index is 0.333. The Morgan fingerprint density at radius 3 is 2.88 bits per heavy atom. The summed E-state index contributed by atoms with van der Waals surface area (Å²) in [6, 6.07) is 8.43. The highest BCUT2D eigenvalue weighted by atomic mass is 79.9. The molecule has 0 amide bonds. The Hall–Kier alpha value is -1.06. The molecule has 16 heavy (non-hydrogen) atoms. The Balaban J connectivity index is 2.61. The SMILES string of the molecule is Fc1cc(Cl)cc2oc3c(Br)cccc3c12. The first-order chi connectivity index (χ1) is 7.66. The average Bonchev–Trinajstić information content (AvgIpc) is 2.57. The van der Waals surface area contributed by atoms with Crippen molar-refractivity contribution in [3.8, 4) is 0 Å². The molecule has 1 aromatic heterocycles. The van der Waals surface area contributed by atoms with Gasteiger partial charge in [-0.3, -0.25) is 0 Å². The summed E-state index contributed by atoms with van der Waals surface area (Å²) in [4.78, 5) is 0. The van der Waals surface area contributed by atoms with Gasteiger partial charge in [0.25, 0.3) is 0 Å². The van der Waals surface area contributed by atoms with E-state index in [1.165, 1.54) is 6.07 Å². The van der Waals surface area contributed by atoms with Crippen molar-refractivity contribution in [2.24, 2.45) is 0 Å². The monoisotopic (exact) mass is 298 g/mol. The van der Waals surface area contributed by atoms with Gasteiger partial charge < -0.3 is 4.42 Å². The first kappa shape index (κ1) is 10.1. The number of furan rings is 1. The van der Waals surface area contributed by atoms with Crippen molar-refractivity contribution >= 4 is 49.5 Å². The first-order valence-corrected chi connectivity index (χ1v) is 5.79. The molecule has 3 rings (SSSR count). The zero-order valence-corrected chi connectivity index (χ0v) is 10.3. The topological polar surface area (TPSA) is 13.1 Å². The van der Waals surface area contributed by atoms with Crippen LogP contribution in [0, 0.1) is 5.82 Å². The van der Waals surface area contributed by atoms with Crippen molar-refractivity contribution in [2.45, 2.75) is 0 Å². The van der Waals surface area contributed by atoms with E-state index in [0.29, 0.717) is 21.6 Å². The number of halogens is 3. The fraction of sp³-hybridized carbons (Fsp3) is 0. The molecule has 80 valence electrons. The molecule has 0 saturated heterocycles. The molecule has 0 aliphatic rings. The Kier molecular flexibility index (Phi) is 2.19. The third-order valence-corrected chi connectivity index (χ3v) is 3.31. The molecule has 0 radical (unpaired) electrons. The maximum absolute atomic E-state index is 13.8. The van der Waals surface area contributed by atoms with Crippen LogP contribution in [0.4, 0.5) is 4.39 Å². The van der Waals surface area contributed by atoms with Gasteiger partial charge in [0.15, 0.2) is 0 Å². The van der Waals surface area contributed by atoms with E-state index in [9.17, 15) is 4.39 Å². The van der Waals surface area contributed by atoms with Gasteiger partial charge in [0, 0.05) is 16.5 Å². The zero-order valence-electron chi connectivity index (χ0n) is 7.93. The van der Waals surface area contributed by atoms with Crippen LogP contribution in [0.3, 0.4) is 0 Å². The van der Waals surface area contributed by atoms with Crippen molar-refractivity contribution in [3.63, 3.8) is 0 Å². The van der Waals surface area contributed by atoms with Crippen LogP contribution in [0.1, 0.15) is 0 Å². The standard InChI is InChI=1S/C12H5BrClFO/c13-8-3-1-2-7-11-9(15)4-6(14)5-10(11)16-12(7)8/h1-5H. The van der Waals surface area contributed by atoms with Crippen LogP contribution in [-0.4, -0.2) is 0 Å². The third-order valence-electron chi connectivity index (χ3n) is 2.47. The van der Waals surface area contributed by atoms with E-state index >= 15 is 0 Å². The summed E-state index contributed by atoms with van der Waals surface area (Å²) in [6.45, 7) is 0. The highest BCUT2D eigenvalue weighted by molar-refractivity contribution is 9.10. The van der Waals surface area contributed by atoms with Gasteiger partial charge in [-0.05, 0) is 28.1 Å². The molecule has 2 aromatic carbocycles. The molecule has 0 N–H and O–H groups in total. The van der Waals surface area contributed by atoms with Gasteiger partial charge in [-0.15, -0.1) is 0 Å². The lowest BCUT2D eigenvalue weighted by atomic mass is 10.1. The van der Waals surface area contributed by atoms with E-state index < -0.39 is 0 Å². The van der Waals surface area contributed by atoms with Gasteiger partial charge in [0.2, 0.25) is 0 Å². The summed E-state index contributed by atoms with van der Waals surface area (Å²) in [6.07, 6.45) is 0. The molecule has 0 spiro atoms. The van der Waals surface area contributed by atoms with E-state index in [-0.39, 0.29) is 5.82 Å². The predicted octanol–water partition coefficient (Wildman–Crippen LogP) is 5.14. The summed E-state index contributed by atoms with van der Waals surface area (Å²) in [7, 11) is 0. The third kappa shape index (κ3) is 1.35. The number of hydrogen-bond donors (Lipinski definition) is 0. The first-order valence-electron chi connectivity index (χ1n) is 4.62. The molecule has 1 heterocycles. The highest BCUT2D eigenvalue weighted by Crippen LogP contribution is 2.35. The maximum Gasteiger partial charge on any atom is 0.149 e. The van der Waals surface area contributed by atoms with Gasteiger partial charge in [0.1, 0.15) is 17.0 Å². The summed E-state index contributed by atoms with van der Waals surface area (Å²) >= 11 is 9.15. The summed E-state index contributed by atoms with van der Waals surface area (Å²) in [5.74, 6) is -0.362. The number of fused-ring (bicyclic) bond motifs is 3. The Morgan fingerprint density at radius 2 is 2.06 bits per heavy atom. The van der Waals surface area contributed by atoms with Crippen LogP contribution >= 0.6 is 27.5 Å². The lowest BCUT2D eigenvalue weighted by molar-refractivity contribution is 0.633. The van der Waals surface area contributed by atoms with Crippen molar-refractivity contribution in [2.75, 3.05) is 0 Å². The summed E-state index contributed by atoms with van der Waals surface area (Å²) in [5, 5.41) is 1.56. The number of para-hydroxylation sites is 1. The summed E-state index contributed by atoms with van der Waals surface area (Å²) < 4.78 is 20.2. The second kappa shape index (κ2) is 3.47. The van der Waals surface area contributed by atoms with Crippen molar-refractivity contribution < 1.29 is 8.81 Å². The van der Waals surface area contributed by atoms with Gasteiger partial charge in [0.05, 0.1) is 9.86 Å². The Morgan fingerprint density at radius 1 is 1.25 bits per heavy atom. The predicted molar refractivity (Wildman–Crippen MR) is 66.4 cm³/mol. The van der Waals surface area contributed by atoms with Gasteiger partial charge >= 0.3 is 0 Å². The lowest BCUT2D eigenvalue weighted by Gasteiger charge is -1.93. The smallest absolute Gasteiger partial charge is 0.149 e. The van der Waals surface area contributed by atoms with Crippen LogP contribution < -0.4 is 0 Å². The van der Waals surface area contributed by atoms with E-state index in [4.69, 9.17) is 16.0 Å². The Bertz CT molecular complexity index is 705. The molecule has 0 aliphatic heterocycles. The van der Waals surface area contributed by atoms with Crippen LogP contribution in [0.5, 0.6) is 0 Å². The van der Waals surface area contributed by atoms with Crippen LogP contribution in [0.25, 0.3) is 21.9 Å². The normalized spacial score (nSPS) is 11.4. The minimum Gasteiger partial charge on any atom is -0.455 e. The summed E-state index contributed by atoms with van der Waals surface area (Å²) in [5.41, 5.74) is 1.10. The molecule has 0 unspecified atom stereocenters. The minimum atomic E-state index is -0.362. The van der Waals surface area contributed by atoms with Gasteiger partial charge in [-0.2, -0.15) is 0 Å². The average molecular weight is 300 g/mol. The van der Waals surface area contributed by atoms with Gasteiger partial charge in [-0.25, -0.2) is 4.39 Å². The van der Waals surface area contributed by atoms with Crippen molar-refractivity contribution in [3.05, 3.63) is 45.6 Å². The Labute approximate surface area is 104 Å². The molecule has 4 heteroatoms. The molecular formula is C12H5BrClFO. The molecule has 0 saturated carbocycles. The van der Waals surface area contributed by atoms with Crippen LogP contribution in [-0.2, 0) is 0 Å². The van der Waals surface area contributed by atoms with Crippen molar-refractivity contribution in [1.29, 1.82) is 0 Å². The largest absolute Gasteiger partial charge is 0.455 e. The molecule has 1 nitrogen and oxygen atoms in total. The molecule has 0 bridgehead atoms. The second-order valence-corrected chi connectivity index (χ2v) is 4.77. The zero-order chi connectivity index (χ0) is 11.3. The van der Waals surface area contributed by atoms with Gasteiger partial charge in [-0.1, -0.05) is 23.7 Å².